The first-order valence-corrected chi connectivity index (χ1v) is 7.54. The lowest BCUT2D eigenvalue weighted by atomic mass is 9.89. The molecule has 0 radical (unpaired) electrons. The van der Waals surface area contributed by atoms with Gasteiger partial charge in [0.05, 0.1) is 0 Å². The van der Waals surface area contributed by atoms with E-state index >= 15 is 0 Å². The summed E-state index contributed by atoms with van der Waals surface area (Å²) in [5.74, 6) is 0.489. The van der Waals surface area contributed by atoms with E-state index < -0.39 is 5.60 Å². The Bertz CT molecular complexity index is 519. The van der Waals surface area contributed by atoms with Crippen molar-refractivity contribution in [2.75, 3.05) is 13.1 Å². The number of carbonyl (C=O) groups is 1. The second-order valence-corrected chi connectivity index (χ2v) is 6.83. The maximum absolute atomic E-state index is 12.2. The Morgan fingerprint density at radius 3 is 2.76 bits per heavy atom. The lowest BCUT2D eigenvalue weighted by Crippen LogP contribution is -2.42. The summed E-state index contributed by atoms with van der Waals surface area (Å²) in [7, 11) is 0. The Labute approximate surface area is 126 Å². The van der Waals surface area contributed by atoms with E-state index in [0.717, 1.165) is 30.5 Å². The number of ether oxygens (including phenoxy) is 1. The Kier molecular flexibility index (Phi) is 4.45. The fraction of sp³-hybridized carbons (Fsp3) is 0.588. The Balaban J connectivity index is 2.10. The minimum Gasteiger partial charge on any atom is -0.508 e. The van der Waals surface area contributed by atoms with E-state index in [1.165, 1.54) is 0 Å². The zero-order valence-electron chi connectivity index (χ0n) is 13.3. The summed E-state index contributed by atoms with van der Waals surface area (Å²) in [6.45, 7) is 8.96. The fourth-order valence-electron chi connectivity index (χ4n) is 2.72. The summed E-state index contributed by atoms with van der Waals surface area (Å²) in [5, 5.41) is 10.1. The quantitative estimate of drug-likeness (QED) is 0.856. The molecule has 1 amide bonds. The van der Waals surface area contributed by atoms with Crippen molar-refractivity contribution in [2.45, 2.75) is 52.1 Å². The van der Waals surface area contributed by atoms with Crippen LogP contribution in [-0.4, -0.2) is 34.8 Å². The second-order valence-electron chi connectivity index (χ2n) is 6.83. The summed E-state index contributed by atoms with van der Waals surface area (Å²) in [6.07, 6.45) is 1.65. The van der Waals surface area contributed by atoms with Crippen LogP contribution in [0.25, 0.3) is 0 Å². The van der Waals surface area contributed by atoms with Gasteiger partial charge < -0.3 is 14.7 Å². The van der Waals surface area contributed by atoms with Crippen LogP contribution >= 0.6 is 0 Å². The van der Waals surface area contributed by atoms with E-state index in [1.807, 2.05) is 39.8 Å². The van der Waals surface area contributed by atoms with Crippen molar-refractivity contribution in [1.82, 2.24) is 4.90 Å². The molecule has 0 aliphatic carbocycles. The minimum absolute atomic E-state index is 0.172. The number of hydrogen-bond acceptors (Lipinski definition) is 3. The minimum atomic E-state index is -0.477. The van der Waals surface area contributed by atoms with Gasteiger partial charge in [0.25, 0.3) is 0 Å². The molecule has 1 unspecified atom stereocenters. The van der Waals surface area contributed by atoms with E-state index in [9.17, 15) is 9.90 Å². The standard InChI is InChI=1S/C17H25NO3/c1-12-7-8-15(19)14(10-12)13-6-5-9-18(11-13)16(20)21-17(2,3)4/h7-8,10,13,19H,5-6,9,11H2,1-4H3. The third-order valence-electron chi connectivity index (χ3n) is 3.70. The number of benzene rings is 1. The molecule has 1 fully saturated rings. The van der Waals surface area contributed by atoms with Crippen LogP contribution in [0.15, 0.2) is 18.2 Å². The zero-order chi connectivity index (χ0) is 15.6. The van der Waals surface area contributed by atoms with Gasteiger partial charge in [-0.2, -0.15) is 0 Å². The molecule has 0 bridgehead atoms. The van der Waals surface area contributed by atoms with Crippen molar-refractivity contribution in [3.05, 3.63) is 29.3 Å². The summed E-state index contributed by atoms with van der Waals surface area (Å²) in [6, 6.07) is 5.64. The van der Waals surface area contributed by atoms with Crippen molar-refractivity contribution in [3.63, 3.8) is 0 Å². The van der Waals surface area contributed by atoms with Crippen molar-refractivity contribution >= 4 is 6.09 Å². The second kappa shape index (κ2) is 5.96. The lowest BCUT2D eigenvalue weighted by molar-refractivity contribution is 0.0197. The number of aryl methyl sites for hydroxylation is 1. The first-order chi connectivity index (χ1) is 9.76. The molecule has 116 valence electrons. The van der Waals surface area contributed by atoms with Crippen LogP contribution < -0.4 is 0 Å². The largest absolute Gasteiger partial charge is 0.508 e. The average Bonchev–Trinajstić information content (AvgIpc) is 2.40. The van der Waals surface area contributed by atoms with Gasteiger partial charge in [-0.15, -0.1) is 0 Å². The number of aromatic hydroxyl groups is 1. The highest BCUT2D eigenvalue weighted by Gasteiger charge is 2.29. The van der Waals surface area contributed by atoms with Gasteiger partial charge in [-0.3, -0.25) is 0 Å². The van der Waals surface area contributed by atoms with E-state index in [-0.39, 0.29) is 12.0 Å². The molecule has 1 aromatic rings. The molecule has 4 nitrogen and oxygen atoms in total. The molecule has 4 heteroatoms. The third-order valence-corrected chi connectivity index (χ3v) is 3.70. The van der Waals surface area contributed by atoms with Gasteiger partial charge in [0.2, 0.25) is 0 Å². The van der Waals surface area contributed by atoms with Gasteiger partial charge in [0.1, 0.15) is 11.4 Å². The maximum atomic E-state index is 12.2. The smallest absolute Gasteiger partial charge is 0.410 e. The molecule has 0 spiro atoms. The van der Waals surface area contributed by atoms with Gasteiger partial charge in [0, 0.05) is 19.0 Å². The Morgan fingerprint density at radius 2 is 2.10 bits per heavy atom. The number of amides is 1. The number of phenols is 1. The van der Waals surface area contributed by atoms with Gasteiger partial charge in [-0.1, -0.05) is 17.7 Å². The predicted molar refractivity (Wildman–Crippen MR) is 82.6 cm³/mol. The van der Waals surface area contributed by atoms with E-state index in [1.54, 1.807) is 11.0 Å². The summed E-state index contributed by atoms with van der Waals surface area (Å²) < 4.78 is 5.44. The third kappa shape index (κ3) is 4.13. The average molecular weight is 291 g/mol. The monoisotopic (exact) mass is 291 g/mol. The number of likely N-dealkylation sites (tertiary alicyclic amines) is 1. The molecular weight excluding hydrogens is 266 g/mol. The van der Waals surface area contributed by atoms with E-state index in [2.05, 4.69) is 0 Å². The predicted octanol–water partition coefficient (Wildman–Crippen LogP) is 3.82. The number of phenolic OH excluding ortho intramolecular Hbond substituents is 1. The first kappa shape index (κ1) is 15.7. The van der Waals surface area contributed by atoms with Crippen LogP contribution in [-0.2, 0) is 4.74 Å². The summed E-state index contributed by atoms with van der Waals surface area (Å²) >= 11 is 0. The summed E-state index contributed by atoms with van der Waals surface area (Å²) in [5.41, 5.74) is 1.58. The number of rotatable bonds is 1. The molecule has 1 aliphatic rings. The first-order valence-electron chi connectivity index (χ1n) is 7.54. The number of piperidine rings is 1. The summed E-state index contributed by atoms with van der Waals surface area (Å²) in [4.78, 5) is 13.9. The highest BCUT2D eigenvalue weighted by Crippen LogP contribution is 2.33. The van der Waals surface area contributed by atoms with Crippen molar-refractivity contribution in [3.8, 4) is 5.75 Å². The van der Waals surface area contributed by atoms with Crippen LogP contribution in [0.3, 0.4) is 0 Å². The number of carbonyl (C=O) groups excluding carboxylic acids is 1. The van der Waals surface area contributed by atoms with Gasteiger partial charge in [-0.05, 0) is 52.2 Å². The number of nitrogens with zero attached hydrogens (tertiary/aromatic N) is 1. The Hall–Kier alpha value is -1.71. The van der Waals surface area contributed by atoms with E-state index in [0.29, 0.717) is 12.3 Å². The molecule has 1 aromatic carbocycles. The normalized spacial score (nSPS) is 19.4. The molecule has 1 heterocycles. The number of hydrogen-bond donors (Lipinski definition) is 1. The van der Waals surface area contributed by atoms with Crippen LogP contribution in [0.4, 0.5) is 4.79 Å². The van der Waals surface area contributed by atoms with E-state index in [4.69, 9.17) is 4.74 Å². The van der Waals surface area contributed by atoms with Crippen LogP contribution in [0.1, 0.15) is 50.7 Å². The van der Waals surface area contributed by atoms with Gasteiger partial charge >= 0.3 is 6.09 Å². The molecule has 1 saturated heterocycles. The SMILES string of the molecule is Cc1ccc(O)c(C2CCCN(C(=O)OC(C)(C)C)C2)c1. The maximum Gasteiger partial charge on any atom is 0.410 e. The molecule has 2 rings (SSSR count). The van der Waals surface area contributed by atoms with Crippen molar-refractivity contribution in [2.24, 2.45) is 0 Å². The highest BCUT2D eigenvalue weighted by molar-refractivity contribution is 5.68. The van der Waals surface area contributed by atoms with Crippen LogP contribution in [0.5, 0.6) is 5.75 Å². The fourth-order valence-corrected chi connectivity index (χ4v) is 2.72. The Morgan fingerprint density at radius 1 is 1.38 bits per heavy atom. The highest BCUT2D eigenvalue weighted by atomic mass is 16.6. The molecular formula is C17H25NO3. The molecule has 1 aliphatic heterocycles. The van der Waals surface area contributed by atoms with Crippen LogP contribution in [0, 0.1) is 6.92 Å². The van der Waals surface area contributed by atoms with Gasteiger partial charge in [0.15, 0.2) is 0 Å². The molecule has 1 atom stereocenters. The molecule has 1 N–H and O–H groups in total. The molecule has 21 heavy (non-hydrogen) atoms. The van der Waals surface area contributed by atoms with Crippen LogP contribution in [0.2, 0.25) is 0 Å². The molecule has 0 aromatic heterocycles. The van der Waals surface area contributed by atoms with Gasteiger partial charge in [-0.25, -0.2) is 4.79 Å². The van der Waals surface area contributed by atoms with Crippen molar-refractivity contribution < 1.29 is 14.6 Å². The molecule has 0 saturated carbocycles. The lowest BCUT2D eigenvalue weighted by Gasteiger charge is -2.34. The van der Waals surface area contributed by atoms with Crippen molar-refractivity contribution in [1.29, 1.82) is 0 Å². The topological polar surface area (TPSA) is 49.8 Å². The zero-order valence-corrected chi connectivity index (χ0v) is 13.3.